The number of rotatable bonds is 5. The molecule has 0 aliphatic carbocycles. The Morgan fingerprint density at radius 1 is 0.897 bits per heavy atom. The summed E-state index contributed by atoms with van der Waals surface area (Å²) in [6.07, 6.45) is -8.47. The molecule has 5 atom stereocenters. The molecule has 2 heterocycles. The van der Waals surface area contributed by atoms with Crippen LogP contribution < -0.4 is 10.2 Å². The molecule has 1 fully saturated rings. The van der Waals surface area contributed by atoms with Crippen molar-refractivity contribution >= 4 is 27.9 Å². The molecule has 0 saturated carbocycles. The van der Waals surface area contributed by atoms with E-state index in [9.17, 15) is 45.3 Å². The molecule has 13 nitrogen and oxygen atoms in total. The van der Waals surface area contributed by atoms with Gasteiger partial charge < -0.3 is 54.4 Å². The molecule has 13 heteroatoms. The summed E-state index contributed by atoms with van der Waals surface area (Å²) in [6.45, 7) is -0.783. The highest BCUT2D eigenvalue weighted by molar-refractivity contribution is 5.96. The van der Waals surface area contributed by atoms with E-state index >= 15 is 0 Å². The highest BCUT2D eigenvalue weighted by Crippen LogP contribution is 2.44. The molecule has 204 valence electrons. The van der Waals surface area contributed by atoms with Crippen molar-refractivity contribution in [3.05, 3.63) is 64.3 Å². The smallest absolute Gasteiger partial charge is 0.338 e. The van der Waals surface area contributed by atoms with Gasteiger partial charge in [0.1, 0.15) is 28.8 Å². The number of benzene rings is 3. The summed E-state index contributed by atoms with van der Waals surface area (Å²) in [7, 11) is 0. The van der Waals surface area contributed by atoms with Gasteiger partial charge in [-0.2, -0.15) is 0 Å². The second-order valence-corrected chi connectivity index (χ2v) is 8.78. The number of phenols is 4. The van der Waals surface area contributed by atoms with Gasteiger partial charge in [0.25, 0.3) is 0 Å². The lowest BCUT2D eigenvalue weighted by atomic mass is 9.98. The molecule has 1 saturated heterocycles. The summed E-state index contributed by atoms with van der Waals surface area (Å²) < 4.78 is 21.6. The fourth-order valence-corrected chi connectivity index (χ4v) is 4.27. The summed E-state index contributed by atoms with van der Waals surface area (Å²) in [5, 5.41) is 71.3. The number of hydrogen-bond acceptors (Lipinski definition) is 13. The Hall–Kier alpha value is -4.56. The molecule has 0 radical (unpaired) electrons. The first-order valence-corrected chi connectivity index (χ1v) is 11.5. The van der Waals surface area contributed by atoms with Crippen molar-refractivity contribution in [2.45, 2.75) is 30.7 Å². The van der Waals surface area contributed by atoms with E-state index in [1.165, 1.54) is 12.1 Å². The number of aliphatic hydroxyl groups excluding tert-OH is 3. The average molecular weight is 542 g/mol. The topological polar surface area (TPSA) is 217 Å². The Labute approximate surface area is 217 Å². The number of hydrogen-bond donors (Lipinski definition) is 7. The zero-order valence-electron chi connectivity index (χ0n) is 19.8. The monoisotopic (exact) mass is 542 g/mol. The third kappa shape index (κ3) is 4.53. The fraction of sp³-hybridized carbons (Fsp3) is 0.231. The maximum absolute atomic E-state index is 13.1. The van der Waals surface area contributed by atoms with E-state index in [1.54, 1.807) is 18.2 Å². The predicted octanol–water partition coefficient (Wildman–Crippen LogP) is 0.812. The van der Waals surface area contributed by atoms with E-state index in [-0.39, 0.29) is 22.1 Å². The van der Waals surface area contributed by atoms with Crippen LogP contribution in [0, 0.1) is 0 Å². The van der Waals surface area contributed by atoms with Crippen molar-refractivity contribution in [3.63, 3.8) is 0 Å². The standard InChI is InChI=1S/C26H22O13/c27-9-17-20(32)24(38-25(35)10-4-2-1-3-5-10)22(34)26(37-17)39-23-14(30)8-16-18(21(23)33)19(31)11-6-12(28)13(29)7-15(11)36-16/h1-8,17,20,22,24,26-30,32-34H,9H2. The van der Waals surface area contributed by atoms with Crippen LogP contribution in [0.2, 0.25) is 0 Å². The maximum Gasteiger partial charge on any atom is 0.338 e. The number of ether oxygens (including phenoxy) is 3. The summed E-state index contributed by atoms with van der Waals surface area (Å²) in [6, 6.07) is 10.5. The van der Waals surface area contributed by atoms with Crippen molar-refractivity contribution in [1.82, 2.24) is 0 Å². The van der Waals surface area contributed by atoms with Crippen molar-refractivity contribution in [2.24, 2.45) is 0 Å². The molecule has 4 aromatic rings. The van der Waals surface area contributed by atoms with Crippen LogP contribution >= 0.6 is 0 Å². The second kappa shape index (κ2) is 9.96. The minimum absolute atomic E-state index is 0.115. The van der Waals surface area contributed by atoms with E-state index in [2.05, 4.69) is 0 Å². The number of aliphatic hydroxyl groups is 3. The van der Waals surface area contributed by atoms with E-state index in [0.29, 0.717) is 0 Å². The highest BCUT2D eigenvalue weighted by atomic mass is 16.7. The van der Waals surface area contributed by atoms with Crippen molar-refractivity contribution in [3.8, 4) is 28.7 Å². The first kappa shape index (κ1) is 26.1. The molecule has 1 aliphatic rings. The molecule has 5 unspecified atom stereocenters. The Morgan fingerprint density at radius 3 is 2.26 bits per heavy atom. The number of aromatic hydroxyl groups is 4. The summed E-state index contributed by atoms with van der Waals surface area (Å²) in [5.74, 6) is -4.50. The molecule has 7 N–H and O–H groups in total. The molecule has 1 aliphatic heterocycles. The van der Waals surface area contributed by atoms with Gasteiger partial charge >= 0.3 is 5.97 Å². The van der Waals surface area contributed by atoms with Crippen molar-refractivity contribution in [1.29, 1.82) is 0 Å². The Balaban J connectivity index is 1.52. The zero-order chi connectivity index (χ0) is 28.0. The summed E-state index contributed by atoms with van der Waals surface area (Å²) >= 11 is 0. The Bertz CT molecular complexity index is 1610. The third-order valence-electron chi connectivity index (χ3n) is 6.28. The van der Waals surface area contributed by atoms with Crippen LogP contribution in [-0.4, -0.2) is 79.0 Å². The van der Waals surface area contributed by atoms with Gasteiger partial charge in [0.05, 0.1) is 17.6 Å². The molecular weight excluding hydrogens is 520 g/mol. The molecule has 0 bridgehead atoms. The van der Waals surface area contributed by atoms with E-state index in [4.69, 9.17) is 18.6 Å². The van der Waals surface area contributed by atoms with Crippen molar-refractivity contribution < 1.29 is 59.2 Å². The number of carbonyl (C=O) groups excluding carboxylic acids is 1. The van der Waals surface area contributed by atoms with Crippen LogP contribution in [0.15, 0.2) is 57.7 Å². The molecule has 0 amide bonds. The average Bonchev–Trinajstić information content (AvgIpc) is 2.91. The van der Waals surface area contributed by atoms with Gasteiger partial charge in [0.15, 0.2) is 35.2 Å². The Kier molecular flexibility index (Phi) is 6.66. The third-order valence-corrected chi connectivity index (χ3v) is 6.28. The molecular formula is C26H22O13. The Morgan fingerprint density at radius 2 is 1.56 bits per heavy atom. The van der Waals surface area contributed by atoms with E-state index in [1.807, 2.05) is 0 Å². The van der Waals surface area contributed by atoms with Gasteiger partial charge in [-0.3, -0.25) is 4.79 Å². The second-order valence-electron chi connectivity index (χ2n) is 8.78. The first-order chi connectivity index (χ1) is 18.6. The maximum atomic E-state index is 13.1. The molecule has 0 spiro atoms. The largest absolute Gasteiger partial charge is 0.504 e. The number of phenolic OH excluding ortho intramolecular Hbond substituents is 4. The van der Waals surface area contributed by atoms with Crippen LogP contribution in [0.1, 0.15) is 10.4 Å². The molecule has 5 rings (SSSR count). The predicted molar refractivity (Wildman–Crippen MR) is 131 cm³/mol. The van der Waals surface area contributed by atoms with E-state index in [0.717, 1.165) is 18.2 Å². The minimum atomic E-state index is -1.89. The molecule has 3 aromatic carbocycles. The lowest BCUT2D eigenvalue weighted by Gasteiger charge is -2.41. The van der Waals surface area contributed by atoms with Gasteiger partial charge in [-0.15, -0.1) is 0 Å². The number of carbonyl (C=O) groups is 1. The zero-order valence-corrected chi connectivity index (χ0v) is 19.8. The fourth-order valence-electron chi connectivity index (χ4n) is 4.27. The van der Waals surface area contributed by atoms with Crippen LogP contribution in [0.4, 0.5) is 0 Å². The van der Waals surface area contributed by atoms with Crippen LogP contribution in [-0.2, 0) is 9.47 Å². The normalized spacial score (nSPS) is 23.1. The van der Waals surface area contributed by atoms with Gasteiger partial charge in [0.2, 0.25) is 17.5 Å². The van der Waals surface area contributed by atoms with Gasteiger partial charge in [0, 0.05) is 12.1 Å². The van der Waals surface area contributed by atoms with Crippen LogP contribution in [0.25, 0.3) is 21.9 Å². The minimum Gasteiger partial charge on any atom is -0.504 e. The van der Waals surface area contributed by atoms with E-state index < -0.39 is 82.8 Å². The number of fused-ring (bicyclic) bond motifs is 2. The molecule has 1 aromatic heterocycles. The first-order valence-electron chi connectivity index (χ1n) is 11.5. The quantitative estimate of drug-likeness (QED) is 0.106. The van der Waals surface area contributed by atoms with Gasteiger partial charge in [-0.25, -0.2) is 4.79 Å². The van der Waals surface area contributed by atoms with Gasteiger partial charge in [-0.1, -0.05) is 18.2 Å². The van der Waals surface area contributed by atoms with Crippen LogP contribution in [0.5, 0.6) is 28.7 Å². The highest BCUT2D eigenvalue weighted by Gasteiger charge is 2.48. The van der Waals surface area contributed by atoms with Gasteiger partial charge in [-0.05, 0) is 18.2 Å². The molecule has 39 heavy (non-hydrogen) atoms. The SMILES string of the molecule is O=C(OC1C(O)C(CO)OC(Oc2c(O)cc3oc4cc(O)c(O)cc4c(=O)c3c2O)C1O)c1ccccc1. The lowest BCUT2D eigenvalue weighted by Crippen LogP contribution is -2.61. The summed E-state index contributed by atoms with van der Waals surface area (Å²) in [4.78, 5) is 25.6. The number of esters is 1. The summed E-state index contributed by atoms with van der Waals surface area (Å²) in [5.41, 5.74) is -1.19. The van der Waals surface area contributed by atoms with Crippen molar-refractivity contribution in [2.75, 3.05) is 6.61 Å². The lowest BCUT2D eigenvalue weighted by molar-refractivity contribution is -0.277. The van der Waals surface area contributed by atoms with Crippen LogP contribution in [0.3, 0.4) is 0 Å².